The molecule has 1 aliphatic rings. The standard InChI is InChI=1S/C13H16BrFN2O.ClH/c1-16-7-9-4-5-17(8-9)13(18)11-3-2-10(15)6-12(11)14;/h2-3,6,9,16H,4-5,7-8H2,1H3;1H. The zero-order chi connectivity index (χ0) is 13.1. The second-order valence-corrected chi connectivity index (χ2v) is 5.44. The summed E-state index contributed by atoms with van der Waals surface area (Å²) >= 11 is 3.24. The Morgan fingerprint density at radius 2 is 2.32 bits per heavy atom. The Kier molecular flexibility index (Phi) is 6.23. The van der Waals surface area contributed by atoms with Gasteiger partial charge in [0.25, 0.3) is 5.91 Å². The molecule has 1 saturated heterocycles. The lowest BCUT2D eigenvalue weighted by atomic mass is 10.1. The highest BCUT2D eigenvalue weighted by Gasteiger charge is 2.27. The molecule has 0 saturated carbocycles. The van der Waals surface area contributed by atoms with Gasteiger partial charge in [-0.25, -0.2) is 4.39 Å². The number of nitrogens with zero attached hydrogens (tertiary/aromatic N) is 1. The van der Waals surface area contributed by atoms with Crippen molar-refractivity contribution in [2.24, 2.45) is 5.92 Å². The van der Waals surface area contributed by atoms with Gasteiger partial charge in [-0.05, 0) is 60.1 Å². The average molecular weight is 352 g/mol. The molecule has 1 N–H and O–H groups in total. The maximum absolute atomic E-state index is 13.0. The van der Waals surface area contributed by atoms with Gasteiger partial charge in [0.1, 0.15) is 5.82 Å². The van der Waals surface area contributed by atoms with Crippen molar-refractivity contribution in [1.29, 1.82) is 0 Å². The predicted octanol–water partition coefficient (Wildman–Crippen LogP) is 2.69. The largest absolute Gasteiger partial charge is 0.338 e. The topological polar surface area (TPSA) is 32.3 Å². The Bertz CT molecular complexity index is 458. The smallest absolute Gasteiger partial charge is 0.255 e. The van der Waals surface area contributed by atoms with Gasteiger partial charge in [-0.2, -0.15) is 0 Å². The summed E-state index contributed by atoms with van der Waals surface area (Å²) in [7, 11) is 1.92. The molecule has 0 aliphatic carbocycles. The van der Waals surface area contributed by atoms with E-state index in [9.17, 15) is 9.18 Å². The molecular weight excluding hydrogens is 335 g/mol. The number of rotatable bonds is 3. The fourth-order valence-electron chi connectivity index (χ4n) is 2.31. The molecule has 1 fully saturated rings. The molecule has 106 valence electrons. The van der Waals surface area contributed by atoms with Crippen LogP contribution >= 0.6 is 28.3 Å². The molecule has 0 aromatic heterocycles. The van der Waals surface area contributed by atoms with Gasteiger partial charge in [-0.3, -0.25) is 4.79 Å². The highest BCUT2D eigenvalue weighted by Crippen LogP contribution is 2.23. The number of nitrogens with one attached hydrogen (secondary N) is 1. The minimum absolute atomic E-state index is 0. The van der Waals surface area contributed by atoms with Crippen LogP contribution in [-0.2, 0) is 0 Å². The Labute approximate surface area is 127 Å². The van der Waals surface area contributed by atoms with Crippen molar-refractivity contribution in [2.75, 3.05) is 26.7 Å². The summed E-state index contributed by atoms with van der Waals surface area (Å²) in [5.74, 6) is 0.145. The summed E-state index contributed by atoms with van der Waals surface area (Å²) in [4.78, 5) is 14.1. The lowest BCUT2D eigenvalue weighted by molar-refractivity contribution is 0.0786. The molecule has 0 spiro atoms. The predicted molar refractivity (Wildman–Crippen MR) is 79.3 cm³/mol. The van der Waals surface area contributed by atoms with E-state index in [1.807, 2.05) is 11.9 Å². The molecule has 1 aromatic carbocycles. The number of likely N-dealkylation sites (tertiary alicyclic amines) is 1. The molecule has 1 aliphatic heterocycles. The number of carbonyl (C=O) groups excluding carboxylic acids is 1. The summed E-state index contributed by atoms with van der Waals surface area (Å²) < 4.78 is 13.5. The van der Waals surface area contributed by atoms with E-state index in [0.29, 0.717) is 16.0 Å². The van der Waals surface area contributed by atoms with Crippen molar-refractivity contribution >= 4 is 34.2 Å². The zero-order valence-electron chi connectivity index (χ0n) is 10.7. The Morgan fingerprint density at radius 1 is 1.58 bits per heavy atom. The quantitative estimate of drug-likeness (QED) is 0.908. The molecular formula is C13H17BrClFN2O. The third-order valence-corrected chi connectivity index (χ3v) is 3.88. The molecule has 1 heterocycles. The van der Waals surface area contributed by atoms with E-state index < -0.39 is 0 Å². The van der Waals surface area contributed by atoms with Crippen LogP contribution in [0.4, 0.5) is 4.39 Å². The molecule has 3 nitrogen and oxygen atoms in total. The van der Waals surface area contributed by atoms with Crippen molar-refractivity contribution in [3.8, 4) is 0 Å². The van der Waals surface area contributed by atoms with E-state index in [-0.39, 0.29) is 24.1 Å². The summed E-state index contributed by atoms with van der Waals surface area (Å²) in [6.07, 6.45) is 1.02. The minimum Gasteiger partial charge on any atom is -0.338 e. The Morgan fingerprint density at radius 3 is 2.95 bits per heavy atom. The van der Waals surface area contributed by atoms with Crippen LogP contribution < -0.4 is 5.32 Å². The molecule has 0 radical (unpaired) electrons. The molecule has 2 rings (SSSR count). The number of hydrogen-bond donors (Lipinski definition) is 1. The van der Waals surface area contributed by atoms with Crippen LogP contribution in [0.2, 0.25) is 0 Å². The van der Waals surface area contributed by atoms with E-state index in [1.165, 1.54) is 18.2 Å². The molecule has 1 amide bonds. The number of halogens is 3. The van der Waals surface area contributed by atoms with E-state index >= 15 is 0 Å². The normalized spacial score (nSPS) is 18.3. The van der Waals surface area contributed by atoms with Gasteiger partial charge in [-0.1, -0.05) is 0 Å². The molecule has 1 unspecified atom stereocenters. The van der Waals surface area contributed by atoms with E-state index in [1.54, 1.807) is 0 Å². The highest BCUT2D eigenvalue weighted by atomic mass is 79.9. The van der Waals surface area contributed by atoms with Crippen LogP contribution in [0, 0.1) is 11.7 Å². The Balaban J connectivity index is 0.00000180. The van der Waals surface area contributed by atoms with Crippen molar-refractivity contribution in [2.45, 2.75) is 6.42 Å². The van der Waals surface area contributed by atoms with Gasteiger partial charge in [0, 0.05) is 17.6 Å². The zero-order valence-corrected chi connectivity index (χ0v) is 13.1. The van der Waals surface area contributed by atoms with Gasteiger partial charge in [0.2, 0.25) is 0 Å². The van der Waals surface area contributed by atoms with Gasteiger partial charge >= 0.3 is 0 Å². The molecule has 0 bridgehead atoms. The summed E-state index contributed by atoms with van der Waals surface area (Å²) in [6, 6.07) is 4.18. The van der Waals surface area contributed by atoms with E-state index in [4.69, 9.17) is 0 Å². The SMILES string of the molecule is CNCC1CCN(C(=O)c2ccc(F)cc2Br)C1.Cl. The summed E-state index contributed by atoms with van der Waals surface area (Å²) in [5, 5.41) is 3.13. The summed E-state index contributed by atoms with van der Waals surface area (Å²) in [5.41, 5.74) is 0.529. The minimum atomic E-state index is -0.340. The van der Waals surface area contributed by atoms with Crippen molar-refractivity contribution in [3.05, 3.63) is 34.1 Å². The first kappa shape index (κ1) is 16.4. The maximum Gasteiger partial charge on any atom is 0.255 e. The maximum atomic E-state index is 13.0. The lowest BCUT2D eigenvalue weighted by Crippen LogP contribution is -2.30. The number of amides is 1. The fraction of sp³-hybridized carbons (Fsp3) is 0.462. The van der Waals surface area contributed by atoms with Gasteiger partial charge in [0.05, 0.1) is 5.56 Å². The van der Waals surface area contributed by atoms with Crippen LogP contribution in [0.15, 0.2) is 22.7 Å². The van der Waals surface area contributed by atoms with Crippen LogP contribution in [0.1, 0.15) is 16.8 Å². The van der Waals surface area contributed by atoms with Crippen LogP contribution in [0.3, 0.4) is 0 Å². The van der Waals surface area contributed by atoms with E-state index in [2.05, 4.69) is 21.2 Å². The first-order valence-electron chi connectivity index (χ1n) is 6.00. The van der Waals surface area contributed by atoms with Crippen LogP contribution in [0.5, 0.6) is 0 Å². The third kappa shape index (κ3) is 3.91. The second kappa shape index (κ2) is 7.22. The molecule has 6 heteroatoms. The third-order valence-electron chi connectivity index (χ3n) is 3.23. The number of hydrogen-bond acceptors (Lipinski definition) is 2. The van der Waals surface area contributed by atoms with Crippen LogP contribution in [0.25, 0.3) is 0 Å². The van der Waals surface area contributed by atoms with Gasteiger partial charge < -0.3 is 10.2 Å². The Hall–Kier alpha value is -0.650. The van der Waals surface area contributed by atoms with Crippen molar-refractivity contribution in [3.63, 3.8) is 0 Å². The number of benzene rings is 1. The van der Waals surface area contributed by atoms with E-state index in [0.717, 1.165) is 26.1 Å². The highest BCUT2D eigenvalue weighted by molar-refractivity contribution is 9.10. The molecule has 1 atom stereocenters. The molecule has 19 heavy (non-hydrogen) atoms. The lowest BCUT2D eigenvalue weighted by Gasteiger charge is -2.17. The molecule has 1 aromatic rings. The first-order valence-corrected chi connectivity index (χ1v) is 6.80. The average Bonchev–Trinajstić information content (AvgIpc) is 2.77. The van der Waals surface area contributed by atoms with Crippen molar-refractivity contribution in [1.82, 2.24) is 10.2 Å². The fourth-order valence-corrected chi connectivity index (χ4v) is 2.83. The first-order chi connectivity index (χ1) is 8.61. The van der Waals surface area contributed by atoms with Gasteiger partial charge in [0.15, 0.2) is 0 Å². The number of carbonyl (C=O) groups is 1. The van der Waals surface area contributed by atoms with Crippen LogP contribution in [-0.4, -0.2) is 37.5 Å². The van der Waals surface area contributed by atoms with Crippen molar-refractivity contribution < 1.29 is 9.18 Å². The second-order valence-electron chi connectivity index (χ2n) is 4.59. The summed E-state index contributed by atoms with van der Waals surface area (Å²) in [6.45, 7) is 2.47. The van der Waals surface area contributed by atoms with Gasteiger partial charge in [-0.15, -0.1) is 12.4 Å². The monoisotopic (exact) mass is 350 g/mol.